The van der Waals surface area contributed by atoms with Gasteiger partial charge in [0.2, 0.25) is 0 Å². The highest BCUT2D eigenvalue weighted by Crippen LogP contribution is 2.23. The quantitative estimate of drug-likeness (QED) is 0.649. The Morgan fingerprint density at radius 1 is 1.12 bits per heavy atom. The van der Waals surface area contributed by atoms with Gasteiger partial charge in [0.05, 0.1) is 11.1 Å². The normalized spacial score (nSPS) is 15.1. The van der Waals surface area contributed by atoms with Crippen molar-refractivity contribution in [3.8, 4) is 0 Å². The highest BCUT2D eigenvalue weighted by molar-refractivity contribution is 7.37. The number of carbonyl (C=O) groups excluding carboxylic acids is 2. The molecule has 1 aliphatic heterocycles. The van der Waals surface area contributed by atoms with Gasteiger partial charge in [-0.2, -0.15) is 4.89 Å². The number of hydrogen-bond acceptors (Lipinski definition) is 3. The van der Waals surface area contributed by atoms with Crippen molar-refractivity contribution in [2.45, 2.75) is 6.42 Å². The van der Waals surface area contributed by atoms with Crippen LogP contribution in [0.1, 0.15) is 27.1 Å². The second-order valence-electron chi connectivity index (χ2n) is 3.74. The van der Waals surface area contributed by atoms with Crippen molar-refractivity contribution < 1.29 is 19.0 Å². The molecule has 0 fully saturated rings. The van der Waals surface area contributed by atoms with E-state index in [-0.39, 0.29) is 24.5 Å². The number of rotatable bonds is 4. The van der Waals surface area contributed by atoms with E-state index in [9.17, 15) is 14.2 Å². The van der Waals surface area contributed by atoms with Gasteiger partial charge < -0.3 is 0 Å². The Balaban J connectivity index is 2.11. The van der Waals surface area contributed by atoms with Gasteiger partial charge in [-0.25, -0.2) is 0 Å². The maximum atomic E-state index is 11.9. The molecule has 0 saturated carbocycles. The summed E-state index contributed by atoms with van der Waals surface area (Å²) in [5, 5.41) is 0. The lowest BCUT2D eigenvalue weighted by atomic mass is 10.1. The van der Waals surface area contributed by atoms with Gasteiger partial charge in [-0.3, -0.25) is 14.5 Å². The predicted molar refractivity (Wildman–Crippen MR) is 61.1 cm³/mol. The maximum absolute atomic E-state index is 11.9. The number of hydrogen-bond donors (Lipinski definition) is 1. The van der Waals surface area contributed by atoms with Gasteiger partial charge in [0.15, 0.2) is 6.16 Å². The van der Waals surface area contributed by atoms with Crippen LogP contribution >= 0.6 is 8.03 Å². The van der Waals surface area contributed by atoms with E-state index in [2.05, 4.69) is 0 Å². The van der Waals surface area contributed by atoms with E-state index in [4.69, 9.17) is 4.89 Å². The van der Waals surface area contributed by atoms with Crippen LogP contribution in [-0.2, 0) is 4.57 Å². The second-order valence-corrected chi connectivity index (χ2v) is 4.89. The lowest BCUT2D eigenvalue weighted by Gasteiger charge is -2.11. The van der Waals surface area contributed by atoms with Crippen LogP contribution in [0, 0.1) is 0 Å². The topological polar surface area (TPSA) is 74.7 Å². The minimum Gasteiger partial charge on any atom is -0.274 e. The van der Waals surface area contributed by atoms with Gasteiger partial charge >= 0.3 is 8.03 Å². The fourth-order valence-corrected chi connectivity index (χ4v) is 2.22. The van der Waals surface area contributed by atoms with E-state index >= 15 is 0 Å². The van der Waals surface area contributed by atoms with Crippen molar-refractivity contribution in [1.82, 2.24) is 4.90 Å². The average Bonchev–Trinajstić information content (AvgIpc) is 2.54. The zero-order chi connectivity index (χ0) is 12.4. The van der Waals surface area contributed by atoms with Crippen molar-refractivity contribution in [3.05, 3.63) is 35.4 Å². The molecule has 1 aromatic carbocycles. The monoisotopic (exact) mass is 252 g/mol. The summed E-state index contributed by atoms with van der Waals surface area (Å²) < 4.78 is 10.5. The Bertz CT molecular complexity index is 465. The van der Waals surface area contributed by atoms with Crippen LogP contribution in [0.25, 0.3) is 0 Å². The van der Waals surface area contributed by atoms with Crippen LogP contribution in [0.15, 0.2) is 24.3 Å². The van der Waals surface area contributed by atoms with E-state index in [0.29, 0.717) is 17.5 Å². The number of benzene rings is 1. The van der Waals surface area contributed by atoms with Crippen LogP contribution in [0.4, 0.5) is 0 Å². The summed E-state index contributed by atoms with van der Waals surface area (Å²) in [6.45, 7) is 0.188. The van der Waals surface area contributed by atoms with Crippen molar-refractivity contribution in [2.75, 3.05) is 12.7 Å². The van der Waals surface area contributed by atoms with Gasteiger partial charge in [-0.1, -0.05) is 12.1 Å². The number of carbonyl (C=O) groups is 2. The molecule has 0 aliphatic carbocycles. The number of nitrogens with zero attached hydrogens (tertiary/aromatic N) is 1. The molecule has 5 nitrogen and oxygen atoms in total. The minimum atomic E-state index is -2.21. The molecule has 1 aromatic rings. The summed E-state index contributed by atoms with van der Waals surface area (Å²) >= 11 is 0. The molecular formula is C11H11NO4P+. The first kappa shape index (κ1) is 11.9. The van der Waals surface area contributed by atoms with E-state index in [1.165, 1.54) is 0 Å². The summed E-state index contributed by atoms with van der Waals surface area (Å²) in [4.78, 5) is 33.5. The Kier molecular flexibility index (Phi) is 3.31. The van der Waals surface area contributed by atoms with E-state index < -0.39 is 8.03 Å². The Hall–Kier alpha value is -1.58. The third-order valence-corrected chi connectivity index (χ3v) is 3.31. The van der Waals surface area contributed by atoms with E-state index in [1.54, 1.807) is 24.3 Å². The number of amides is 2. The van der Waals surface area contributed by atoms with E-state index in [0.717, 1.165) is 4.90 Å². The van der Waals surface area contributed by atoms with Crippen LogP contribution in [-0.4, -0.2) is 34.3 Å². The summed E-state index contributed by atoms with van der Waals surface area (Å²) in [5.74, 6) is -0.641. The number of fused-ring (bicyclic) bond motifs is 1. The lowest BCUT2D eigenvalue weighted by Crippen LogP contribution is -2.30. The Morgan fingerprint density at radius 3 is 2.12 bits per heavy atom. The second kappa shape index (κ2) is 4.73. The highest BCUT2D eigenvalue weighted by Gasteiger charge is 2.34. The minimum absolute atomic E-state index is 0.0999. The molecule has 1 aliphatic rings. The standard InChI is InChI=1S/C11H10NO4P/c13-10-8-4-1-2-5-9(8)11(14)12(10)6-3-7-17(15)16/h1-2,4-5H,3,6-7H2/p+1. The van der Waals surface area contributed by atoms with Crippen molar-refractivity contribution in [2.24, 2.45) is 0 Å². The third-order valence-electron chi connectivity index (χ3n) is 2.61. The van der Waals surface area contributed by atoms with Gasteiger partial charge in [0.1, 0.15) is 0 Å². The molecule has 2 amide bonds. The predicted octanol–water partition coefficient (Wildman–Crippen LogP) is 1.41. The van der Waals surface area contributed by atoms with Crippen LogP contribution in [0.3, 0.4) is 0 Å². The summed E-state index contributed by atoms with van der Waals surface area (Å²) in [6, 6.07) is 6.64. The average molecular weight is 252 g/mol. The number of imide groups is 1. The summed E-state index contributed by atoms with van der Waals surface area (Å²) in [5.41, 5.74) is 0.816. The largest absolute Gasteiger partial charge is 0.505 e. The molecular weight excluding hydrogens is 241 g/mol. The molecule has 6 heteroatoms. The zero-order valence-electron chi connectivity index (χ0n) is 9.00. The first-order valence-electron chi connectivity index (χ1n) is 5.20. The molecule has 2 rings (SSSR count). The van der Waals surface area contributed by atoms with Crippen molar-refractivity contribution >= 4 is 19.8 Å². The van der Waals surface area contributed by atoms with E-state index in [1.807, 2.05) is 0 Å². The first-order chi connectivity index (χ1) is 8.11. The molecule has 1 N–H and O–H groups in total. The zero-order valence-corrected chi connectivity index (χ0v) is 9.89. The van der Waals surface area contributed by atoms with Crippen LogP contribution in [0.5, 0.6) is 0 Å². The molecule has 1 heterocycles. The Morgan fingerprint density at radius 2 is 1.65 bits per heavy atom. The summed E-state index contributed by atoms with van der Waals surface area (Å²) in [7, 11) is -2.21. The first-order valence-corrected chi connectivity index (χ1v) is 6.60. The fourth-order valence-electron chi connectivity index (χ4n) is 1.81. The maximum Gasteiger partial charge on any atom is 0.505 e. The molecule has 1 atom stereocenters. The van der Waals surface area contributed by atoms with Gasteiger partial charge in [-0.05, 0) is 16.7 Å². The molecule has 17 heavy (non-hydrogen) atoms. The SMILES string of the molecule is O=C1c2ccccc2C(=O)N1CCC[P+](=O)O. The van der Waals surface area contributed by atoms with Crippen molar-refractivity contribution in [1.29, 1.82) is 0 Å². The Labute approximate surface area is 98.9 Å². The molecule has 0 aromatic heterocycles. The molecule has 0 spiro atoms. The van der Waals surface area contributed by atoms with Gasteiger partial charge in [-0.15, -0.1) is 0 Å². The summed E-state index contributed by atoms with van der Waals surface area (Å²) in [6.07, 6.45) is 0.444. The van der Waals surface area contributed by atoms with Crippen molar-refractivity contribution in [3.63, 3.8) is 0 Å². The van der Waals surface area contributed by atoms with Crippen LogP contribution < -0.4 is 0 Å². The molecule has 1 unspecified atom stereocenters. The smallest absolute Gasteiger partial charge is 0.274 e. The van der Waals surface area contributed by atoms with Crippen LogP contribution in [0.2, 0.25) is 0 Å². The molecule has 88 valence electrons. The highest BCUT2D eigenvalue weighted by atomic mass is 31.1. The third kappa shape index (κ3) is 2.25. The van der Waals surface area contributed by atoms with Gasteiger partial charge in [0, 0.05) is 13.0 Å². The lowest BCUT2D eigenvalue weighted by molar-refractivity contribution is 0.0654. The molecule has 0 saturated heterocycles. The molecule has 0 radical (unpaired) electrons. The fraction of sp³-hybridized carbons (Fsp3) is 0.273. The molecule has 0 bridgehead atoms. The van der Waals surface area contributed by atoms with Gasteiger partial charge in [0.25, 0.3) is 11.8 Å².